The van der Waals surface area contributed by atoms with Gasteiger partial charge in [-0.15, -0.1) is 0 Å². The van der Waals surface area contributed by atoms with Gasteiger partial charge >= 0.3 is 0 Å². The summed E-state index contributed by atoms with van der Waals surface area (Å²) in [6.07, 6.45) is 3.31. The molecule has 0 fully saturated rings. The molecule has 0 radical (unpaired) electrons. The van der Waals surface area contributed by atoms with Gasteiger partial charge in [0.15, 0.2) is 11.5 Å². The van der Waals surface area contributed by atoms with E-state index < -0.39 is 0 Å². The van der Waals surface area contributed by atoms with Crippen LogP contribution in [0.2, 0.25) is 0 Å². The molecule has 0 unspecified atom stereocenters. The lowest BCUT2D eigenvalue weighted by molar-refractivity contribution is 0.174. The highest BCUT2D eigenvalue weighted by Crippen LogP contribution is 2.35. The van der Waals surface area contributed by atoms with E-state index in [0.29, 0.717) is 5.69 Å². The first-order valence-corrected chi connectivity index (χ1v) is 5.18. The monoisotopic (exact) mass is 229 g/mol. The van der Waals surface area contributed by atoms with Gasteiger partial charge in [-0.1, -0.05) is 0 Å². The number of hydrogen-bond donors (Lipinski definition) is 2. The first kappa shape index (κ1) is 9.77. The van der Waals surface area contributed by atoms with Gasteiger partial charge in [-0.3, -0.25) is 4.98 Å². The molecule has 3 rings (SSSR count). The Morgan fingerprint density at radius 3 is 2.82 bits per heavy atom. The van der Waals surface area contributed by atoms with E-state index in [2.05, 4.69) is 10.3 Å². The van der Waals surface area contributed by atoms with E-state index >= 15 is 0 Å². The summed E-state index contributed by atoms with van der Waals surface area (Å²) in [5.41, 5.74) is 8.02. The van der Waals surface area contributed by atoms with Gasteiger partial charge in [0.05, 0.1) is 17.6 Å². The number of nitrogens with two attached hydrogens (primary N) is 1. The molecule has 0 aliphatic carbocycles. The van der Waals surface area contributed by atoms with Crippen LogP contribution in [0.1, 0.15) is 0 Å². The number of benzene rings is 1. The quantitative estimate of drug-likeness (QED) is 0.825. The van der Waals surface area contributed by atoms with Crippen molar-refractivity contribution in [1.82, 2.24) is 4.98 Å². The number of nitrogen functional groups attached to an aromatic ring is 1. The second-order valence-corrected chi connectivity index (χ2v) is 3.70. The highest BCUT2D eigenvalue weighted by atomic mass is 16.7. The highest BCUT2D eigenvalue weighted by molar-refractivity contribution is 5.65. The minimum absolute atomic E-state index is 0.276. The maximum atomic E-state index is 5.66. The third kappa shape index (κ3) is 1.94. The van der Waals surface area contributed by atoms with E-state index in [-0.39, 0.29) is 6.79 Å². The van der Waals surface area contributed by atoms with Crippen molar-refractivity contribution in [2.75, 3.05) is 17.8 Å². The molecule has 0 saturated heterocycles. The summed E-state index contributed by atoms with van der Waals surface area (Å²) in [4.78, 5) is 4.01. The van der Waals surface area contributed by atoms with Crippen LogP contribution in [0.3, 0.4) is 0 Å². The van der Waals surface area contributed by atoms with Crippen molar-refractivity contribution in [3.05, 3.63) is 36.7 Å². The van der Waals surface area contributed by atoms with E-state index in [1.54, 1.807) is 12.4 Å². The van der Waals surface area contributed by atoms with Gasteiger partial charge in [-0.05, 0) is 18.2 Å². The maximum absolute atomic E-state index is 5.66. The van der Waals surface area contributed by atoms with Gasteiger partial charge in [0.25, 0.3) is 0 Å². The van der Waals surface area contributed by atoms with Gasteiger partial charge in [0, 0.05) is 18.0 Å². The average Bonchev–Trinajstić information content (AvgIpc) is 2.76. The average molecular weight is 229 g/mol. The van der Waals surface area contributed by atoms with Crippen LogP contribution in [-0.4, -0.2) is 11.8 Å². The number of aromatic nitrogens is 1. The van der Waals surface area contributed by atoms with Crippen LogP contribution in [0.15, 0.2) is 36.7 Å². The Labute approximate surface area is 98.2 Å². The first-order valence-electron chi connectivity index (χ1n) is 5.18. The van der Waals surface area contributed by atoms with Crippen LogP contribution in [0.4, 0.5) is 17.1 Å². The third-order valence-electron chi connectivity index (χ3n) is 2.42. The Bertz CT molecular complexity index is 557. The fraction of sp³-hybridized carbons (Fsp3) is 0.0833. The molecule has 0 bridgehead atoms. The van der Waals surface area contributed by atoms with E-state index in [0.717, 1.165) is 22.9 Å². The molecule has 5 nitrogen and oxygen atoms in total. The van der Waals surface area contributed by atoms with Crippen LogP contribution >= 0.6 is 0 Å². The topological polar surface area (TPSA) is 69.4 Å². The molecule has 0 saturated carbocycles. The van der Waals surface area contributed by atoms with Gasteiger partial charge in [-0.2, -0.15) is 0 Å². The minimum atomic E-state index is 0.276. The van der Waals surface area contributed by atoms with Crippen molar-refractivity contribution in [2.24, 2.45) is 0 Å². The molecule has 2 aromatic rings. The van der Waals surface area contributed by atoms with Gasteiger partial charge in [-0.25, -0.2) is 0 Å². The molecule has 1 aliphatic rings. The van der Waals surface area contributed by atoms with Gasteiger partial charge < -0.3 is 20.5 Å². The van der Waals surface area contributed by atoms with E-state index in [4.69, 9.17) is 15.2 Å². The zero-order valence-electron chi connectivity index (χ0n) is 9.01. The molecular formula is C12H11N3O2. The normalized spacial score (nSPS) is 12.5. The Hall–Kier alpha value is -2.43. The van der Waals surface area contributed by atoms with Crippen LogP contribution in [0.5, 0.6) is 11.5 Å². The predicted octanol–water partition coefficient (Wildman–Crippen LogP) is 2.14. The summed E-state index contributed by atoms with van der Waals surface area (Å²) in [7, 11) is 0. The molecule has 1 aromatic carbocycles. The summed E-state index contributed by atoms with van der Waals surface area (Å²) in [5.74, 6) is 1.51. The summed E-state index contributed by atoms with van der Waals surface area (Å²) in [5, 5.41) is 3.20. The zero-order valence-corrected chi connectivity index (χ0v) is 9.01. The lowest BCUT2D eigenvalue weighted by atomic mass is 10.2. The van der Waals surface area contributed by atoms with Gasteiger partial charge in [0.1, 0.15) is 0 Å². The molecule has 0 amide bonds. The van der Waals surface area contributed by atoms with E-state index in [1.165, 1.54) is 0 Å². The lowest BCUT2D eigenvalue weighted by Gasteiger charge is -2.07. The molecule has 0 atom stereocenters. The molecule has 0 spiro atoms. The number of pyridine rings is 1. The Morgan fingerprint density at radius 1 is 1.06 bits per heavy atom. The largest absolute Gasteiger partial charge is 0.454 e. The molecule has 1 aromatic heterocycles. The second-order valence-electron chi connectivity index (χ2n) is 3.70. The van der Waals surface area contributed by atoms with Crippen LogP contribution < -0.4 is 20.5 Å². The summed E-state index contributed by atoms with van der Waals surface area (Å²) < 4.78 is 10.5. The molecule has 1 aliphatic heterocycles. The number of nitrogens with one attached hydrogen (secondary N) is 1. The molecule has 2 heterocycles. The van der Waals surface area contributed by atoms with Crippen molar-refractivity contribution in [1.29, 1.82) is 0 Å². The summed E-state index contributed by atoms with van der Waals surface area (Å²) in [6.45, 7) is 0.276. The Kier molecular flexibility index (Phi) is 2.22. The van der Waals surface area contributed by atoms with Crippen LogP contribution in [0.25, 0.3) is 0 Å². The van der Waals surface area contributed by atoms with Crippen molar-refractivity contribution in [3.63, 3.8) is 0 Å². The van der Waals surface area contributed by atoms with Gasteiger partial charge in [0.2, 0.25) is 6.79 Å². The summed E-state index contributed by atoms with van der Waals surface area (Å²) in [6, 6.07) is 7.48. The van der Waals surface area contributed by atoms with Crippen LogP contribution in [0, 0.1) is 0 Å². The maximum Gasteiger partial charge on any atom is 0.231 e. The fourth-order valence-corrected chi connectivity index (χ4v) is 1.67. The smallest absolute Gasteiger partial charge is 0.231 e. The SMILES string of the molecule is Nc1cncc(Nc2ccc3c(c2)OCO3)c1. The van der Waals surface area contributed by atoms with Crippen molar-refractivity contribution in [3.8, 4) is 11.5 Å². The highest BCUT2D eigenvalue weighted by Gasteiger charge is 2.13. The van der Waals surface area contributed by atoms with Crippen molar-refractivity contribution >= 4 is 17.1 Å². The molecule has 5 heteroatoms. The van der Waals surface area contributed by atoms with Crippen molar-refractivity contribution in [2.45, 2.75) is 0 Å². The van der Waals surface area contributed by atoms with E-state index in [1.807, 2.05) is 24.3 Å². The minimum Gasteiger partial charge on any atom is -0.454 e. The lowest BCUT2D eigenvalue weighted by Crippen LogP contribution is -1.94. The molecule has 3 N–H and O–H groups in total. The third-order valence-corrected chi connectivity index (χ3v) is 2.42. The number of nitrogens with zero attached hydrogens (tertiary/aromatic N) is 1. The second kappa shape index (κ2) is 3.86. The van der Waals surface area contributed by atoms with Crippen LogP contribution in [-0.2, 0) is 0 Å². The summed E-state index contributed by atoms with van der Waals surface area (Å²) >= 11 is 0. The van der Waals surface area contributed by atoms with Crippen molar-refractivity contribution < 1.29 is 9.47 Å². The number of rotatable bonds is 2. The Morgan fingerprint density at radius 2 is 1.94 bits per heavy atom. The first-order chi connectivity index (χ1) is 8.31. The zero-order chi connectivity index (χ0) is 11.7. The predicted molar refractivity (Wildman–Crippen MR) is 64.5 cm³/mol. The number of hydrogen-bond acceptors (Lipinski definition) is 5. The molecule has 86 valence electrons. The molecule has 17 heavy (non-hydrogen) atoms. The number of anilines is 3. The standard InChI is InChI=1S/C12H11N3O2/c13-8-3-10(6-14-5-8)15-9-1-2-11-12(4-9)17-7-16-11/h1-6,15H,7,13H2. The molecular weight excluding hydrogens is 218 g/mol. The number of ether oxygens (including phenoxy) is 2. The van der Waals surface area contributed by atoms with E-state index in [9.17, 15) is 0 Å². The number of fused-ring (bicyclic) bond motifs is 1. The Balaban J connectivity index is 1.86. The fourth-order valence-electron chi connectivity index (χ4n) is 1.67.